The highest BCUT2D eigenvalue weighted by Gasteiger charge is 2.12. The maximum absolute atomic E-state index is 12.4. The molecule has 0 saturated carbocycles. The van der Waals surface area contributed by atoms with Gasteiger partial charge in [0, 0.05) is 11.3 Å². The van der Waals surface area contributed by atoms with E-state index in [1.165, 1.54) is 0 Å². The average Bonchev–Trinajstić information content (AvgIpc) is 2.61. The van der Waals surface area contributed by atoms with E-state index in [1.807, 2.05) is 44.2 Å². The first-order valence-corrected chi connectivity index (χ1v) is 8.06. The number of benzene rings is 2. The van der Waals surface area contributed by atoms with Crippen LogP contribution in [-0.4, -0.2) is 24.9 Å². The van der Waals surface area contributed by atoms with Gasteiger partial charge >= 0.3 is 0 Å². The summed E-state index contributed by atoms with van der Waals surface area (Å²) in [6.07, 6.45) is 0. The molecule has 5 nitrogen and oxygen atoms in total. The van der Waals surface area contributed by atoms with E-state index >= 15 is 0 Å². The Labute approximate surface area is 142 Å². The molecule has 2 aromatic carbocycles. The molecule has 0 fully saturated rings. The molecule has 0 radical (unpaired) electrons. The zero-order valence-corrected chi connectivity index (χ0v) is 14.0. The molecule has 126 valence electrons. The van der Waals surface area contributed by atoms with Gasteiger partial charge in [-0.25, -0.2) is 0 Å². The zero-order chi connectivity index (χ0) is 17.4. The first kappa shape index (κ1) is 17.7. The molecule has 0 aromatic heterocycles. The van der Waals surface area contributed by atoms with Gasteiger partial charge in [-0.05, 0) is 37.2 Å². The maximum Gasteiger partial charge on any atom is 0.251 e. The van der Waals surface area contributed by atoms with Crippen LogP contribution in [0.2, 0.25) is 0 Å². The van der Waals surface area contributed by atoms with E-state index in [-0.39, 0.29) is 24.4 Å². The van der Waals surface area contributed by atoms with Crippen molar-refractivity contribution >= 4 is 17.5 Å². The lowest BCUT2D eigenvalue weighted by Gasteiger charge is -2.15. The lowest BCUT2D eigenvalue weighted by atomic mass is 10.1. The lowest BCUT2D eigenvalue weighted by molar-refractivity contribution is -0.115. The lowest BCUT2D eigenvalue weighted by Crippen LogP contribution is -2.28. The number of hydrogen-bond donors (Lipinski definition) is 3. The minimum Gasteiger partial charge on any atom is -0.346 e. The fourth-order valence-corrected chi connectivity index (χ4v) is 2.29. The minimum atomic E-state index is -0.172. The van der Waals surface area contributed by atoms with E-state index in [1.54, 1.807) is 24.3 Å². The smallest absolute Gasteiger partial charge is 0.251 e. The average molecular weight is 325 g/mol. The monoisotopic (exact) mass is 325 g/mol. The molecular weight excluding hydrogens is 302 g/mol. The van der Waals surface area contributed by atoms with E-state index in [2.05, 4.69) is 16.0 Å². The first-order valence-electron chi connectivity index (χ1n) is 8.06. The highest BCUT2D eigenvalue weighted by Crippen LogP contribution is 2.14. The molecule has 0 saturated heterocycles. The molecule has 0 aliphatic heterocycles. The van der Waals surface area contributed by atoms with Crippen molar-refractivity contribution in [3.63, 3.8) is 0 Å². The fraction of sp³-hybridized carbons (Fsp3) is 0.263. The molecule has 2 rings (SSSR count). The van der Waals surface area contributed by atoms with Crippen molar-refractivity contribution in [2.45, 2.75) is 19.9 Å². The van der Waals surface area contributed by atoms with Crippen molar-refractivity contribution in [1.29, 1.82) is 0 Å². The predicted molar refractivity (Wildman–Crippen MR) is 95.9 cm³/mol. The number of carbonyl (C=O) groups excluding carboxylic acids is 2. The Morgan fingerprint density at radius 1 is 1.04 bits per heavy atom. The molecule has 1 atom stereocenters. The van der Waals surface area contributed by atoms with Gasteiger partial charge in [0.2, 0.25) is 5.91 Å². The summed E-state index contributed by atoms with van der Waals surface area (Å²) >= 11 is 0. The Hall–Kier alpha value is -2.66. The Balaban J connectivity index is 1.99. The molecule has 0 aliphatic carbocycles. The molecule has 24 heavy (non-hydrogen) atoms. The van der Waals surface area contributed by atoms with Gasteiger partial charge < -0.3 is 16.0 Å². The number of nitrogens with one attached hydrogen (secondary N) is 3. The zero-order valence-electron chi connectivity index (χ0n) is 14.0. The number of hydrogen-bond acceptors (Lipinski definition) is 3. The number of anilines is 1. The Morgan fingerprint density at radius 2 is 1.79 bits per heavy atom. The van der Waals surface area contributed by atoms with Crippen LogP contribution in [0.5, 0.6) is 0 Å². The largest absolute Gasteiger partial charge is 0.346 e. The second-order valence-corrected chi connectivity index (χ2v) is 5.52. The molecule has 0 aliphatic rings. The summed E-state index contributed by atoms with van der Waals surface area (Å²) in [6.45, 7) is 4.85. The summed E-state index contributed by atoms with van der Waals surface area (Å²) in [6, 6.07) is 16.6. The standard InChI is InChI=1S/C19H23N3O2/c1-3-20-13-18(23)22-17-11-7-10-16(12-17)19(24)21-14(2)15-8-5-4-6-9-15/h4-12,14,20H,3,13H2,1-2H3,(H,21,24)(H,22,23). The predicted octanol–water partition coefficient (Wildman–Crippen LogP) is 2.73. The topological polar surface area (TPSA) is 70.2 Å². The van der Waals surface area contributed by atoms with Gasteiger partial charge in [-0.2, -0.15) is 0 Å². The van der Waals surface area contributed by atoms with Gasteiger partial charge in [0.05, 0.1) is 12.6 Å². The molecule has 5 heteroatoms. The van der Waals surface area contributed by atoms with Crippen LogP contribution in [0.1, 0.15) is 35.8 Å². The molecule has 2 amide bonds. The van der Waals surface area contributed by atoms with Crippen LogP contribution in [-0.2, 0) is 4.79 Å². The van der Waals surface area contributed by atoms with Crippen LogP contribution in [0.4, 0.5) is 5.69 Å². The SMILES string of the molecule is CCNCC(=O)Nc1cccc(C(=O)NC(C)c2ccccc2)c1. The Kier molecular flexibility index (Phi) is 6.51. The van der Waals surface area contributed by atoms with Crippen molar-refractivity contribution in [3.05, 3.63) is 65.7 Å². The van der Waals surface area contributed by atoms with Gasteiger partial charge in [0.25, 0.3) is 5.91 Å². The van der Waals surface area contributed by atoms with E-state index in [9.17, 15) is 9.59 Å². The second-order valence-electron chi connectivity index (χ2n) is 5.52. The normalized spacial score (nSPS) is 11.6. The van der Waals surface area contributed by atoms with Gasteiger partial charge in [0.1, 0.15) is 0 Å². The van der Waals surface area contributed by atoms with Crippen molar-refractivity contribution in [3.8, 4) is 0 Å². The van der Waals surface area contributed by atoms with Crippen molar-refractivity contribution in [2.75, 3.05) is 18.4 Å². The quantitative estimate of drug-likeness (QED) is 0.733. The van der Waals surface area contributed by atoms with Crippen LogP contribution in [0.3, 0.4) is 0 Å². The molecule has 3 N–H and O–H groups in total. The van der Waals surface area contributed by atoms with Crippen LogP contribution >= 0.6 is 0 Å². The van der Waals surface area contributed by atoms with Crippen LogP contribution in [0.15, 0.2) is 54.6 Å². The highest BCUT2D eigenvalue weighted by atomic mass is 16.2. The third-order valence-corrected chi connectivity index (χ3v) is 3.59. The number of rotatable bonds is 7. The van der Waals surface area contributed by atoms with Gasteiger partial charge in [0.15, 0.2) is 0 Å². The second kappa shape index (κ2) is 8.84. The van der Waals surface area contributed by atoms with Crippen LogP contribution < -0.4 is 16.0 Å². The number of likely N-dealkylation sites (N-methyl/N-ethyl adjacent to an activating group) is 1. The summed E-state index contributed by atoms with van der Waals surface area (Å²) in [4.78, 5) is 24.1. The third-order valence-electron chi connectivity index (χ3n) is 3.59. The minimum absolute atomic E-state index is 0.0919. The van der Waals surface area contributed by atoms with E-state index < -0.39 is 0 Å². The highest BCUT2D eigenvalue weighted by molar-refractivity contribution is 5.97. The maximum atomic E-state index is 12.4. The summed E-state index contributed by atoms with van der Waals surface area (Å²) in [5.41, 5.74) is 2.16. The van der Waals surface area contributed by atoms with E-state index in [4.69, 9.17) is 0 Å². The van der Waals surface area contributed by atoms with Crippen molar-refractivity contribution in [1.82, 2.24) is 10.6 Å². The number of amides is 2. The first-order chi connectivity index (χ1) is 11.6. The number of carbonyl (C=O) groups is 2. The summed E-state index contributed by atoms with van der Waals surface area (Å²) in [7, 11) is 0. The van der Waals surface area contributed by atoms with E-state index in [0.717, 1.165) is 12.1 Å². The third kappa shape index (κ3) is 5.21. The van der Waals surface area contributed by atoms with Crippen LogP contribution in [0.25, 0.3) is 0 Å². The van der Waals surface area contributed by atoms with E-state index in [0.29, 0.717) is 11.3 Å². The summed E-state index contributed by atoms with van der Waals surface area (Å²) in [5.74, 6) is -0.304. The molecule has 0 spiro atoms. The molecule has 0 heterocycles. The summed E-state index contributed by atoms with van der Waals surface area (Å²) < 4.78 is 0. The Bertz CT molecular complexity index is 686. The molecule has 2 aromatic rings. The molecule has 1 unspecified atom stereocenters. The van der Waals surface area contributed by atoms with Gasteiger partial charge in [-0.1, -0.05) is 43.3 Å². The summed E-state index contributed by atoms with van der Waals surface area (Å²) in [5, 5.41) is 8.70. The van der Waals surface area contributed by atoms with Gasteiger partial charge in [-0.15, -0.1) is 0 Å². The van der Waals surface area contributed by atoms with Crippen molar-refractivity contribution < 1.29 is 9.59 Å². The van der Waals surface area contributed by atoms with Crippen molar-refractivity contribution in [2.24, 2.45) is 0 Å². The van der Waals surface area contributed by atoms with Crippen LogP contribution in [0, 0.1) is 0 Å². The molecular formula is C19H23N3O2. The fourth-order valence-electron chi connectivity index (χ4n) is 2.29. The molecule has 0 bridgehead atoms. The van der Waals surface area contributed by atoms with Gasteiger partial charge in [-0.3, -0.25) is 9.59 Å². The Morgan fingerprint density at radius 3 is 2.50 bits per heavy atom.